The molecule has 0 aromatic carbocycles. The van der Waals surface area contributed by atoms with Crippen LogP contribution in [-0.2, 0) is 9.53 Å². The standard InChI is InChI=1S/C10H12ClN3O2/c11-7-1-3-13-5-8(7)14-9(15)10(12)2-4-16-6-10/h1,3,5H,2,4,6,12H2,(H,14,15). The highest BCUT2D eigenvalue weighted by Gasteiger charge is 2.38. The predicted octanol–water partition coefficient (Wildman–Crippen LogP) is 0.791. The third-order valence-corrected chi connectivity index (χ3v) is 2.85. The van der Waals surface area contributed by atoms with Crippen molar-refractivity contribution >= 4 is 23.2 Å². The maximum absolute atomic E-state index is 11.9. The molecule has 5 nitrogen and oxygen atoms in total. The number of halogens is 1. The summed E-state index contributed by atoms with van der Waals surface area (Å²) in [7, 11) is 0. The molecule has 0 aliphatic carbocycles. The van der Waals surface area contributed by atoms with Crippen molar-refractivity contribution in [1.29, 1.82) is 0 Å². The SMILES string of the molecule is NC1(C(=O)Nc2cnccc2Cl)CCOC1. The van der Waals surface area contributed by atoms with E-state index in [0.717, 1.165) is 0 Å². The van der Waals surface area contributed by atoms with Crippen molar-refractivity contribution in [3.05, 3.63) is 23.5 Å². The molecule has 86 valence electrons. The first-order valence-corrected chi connectivity index (χ1v) is 5.27. The Labute approximate surface area is 97.9 Å². The van der Waals surface area contributed by atoms with Crippen molar-refractivity contribution in [1.82, 2.24) is 4.98 Å². The lowest BCUT2D eigenvalue weighted by molar-refractivity contribution is -0.121. The molecule has 0 radical (unpaired) electrons. The average Bonchev–Trinajstić information content (AvgIpc) is 2.70. The minimum absolute atomic E-state index is 0.233. The van der Waals surface area contributed by atoms with Crippen molar-refractivity contribution in [2.45, 2.75) is 12.0 Å². The Bertz CT molecular complexity index is 405. The van der Waals surface area contributed by atoms with E-state index in [1.807, 2.05) is 0 Å². The minimum Gasteiger partial charge on any atom is -0.379 e. The second-order valence-electron chi connectivity index (χ2n) is 3.77. The van der Waals surface area contributed by atoms with E-state index in [2.05, 4.69) is 10.3 Å². The van der Waals surface area contributed by atoms with E-state index in [-0.39, 0.29) is 12.5 Å². The van der Waals surface area contributed by atoms with Crippen LogP contribution in [0.1, 0.15) is 6.42 Å². The molecule has 1 fully saturated rings. The van der Waals surface area contributed by atoms with Crippen LogP contribution in [0.4, 0.5) is 5.69 Å². The molecule has 0 saturated carbocycles. The summed E-state index contributed by atoms with van der Waals surface area (Å²) < 4.78 is 5.11. The van der Waals surface area contributed by atoms with Gasteiger partial charge in [0.15, 0.2) is 0 Å². The monoisotopic (exact) mass is 241 g/mol. The third-order valence-electron chi connectivity index (χ3n) is 2.52. The molecule has 1 aliphatic heterocycles. The first kappa shape index (κ1) is 11.3. The first-order valence-electron chi connectivity index (χ1n) is 4.89. The van der Waals surface area contributed by atoms with Gasteiger partial charge in [-0.15, -0.1) is 0 Å². The quantitative estimate of drug-likeness (QED) is 0.803. The van der Waals surface area contributed by atoms with E-state index in [1.54, 1.807) is 12.3 Å². The van der Waals surface area contributed by atoms with E-state index in [4.69, 9.17) is 22.1 Å². The van der Waals surface area contributed by atoms with Gasteiger partial charge in [0.1, 0.15) is 5.54 Å². The van der Waals surface area contributed by atoms with Crippen LogP contribution in [-0.4, -0.2) is 29.6 Å². The maximum atomic E-state index is 11.9. The summed E-state index contributed by atoms with van der Waals surface area (Å²) >= 11 is 5.89. The van der Waals surface area contributed by atoms with Gasteiger partial charge in [-0.1, -0.05) is 11.6 Å². The number of rotatable bonds is 2. The molecule has 1 saturated heterocycles. The number of anilines is 1. The van der Waals surface area contributed by atoms with Gasteiger partial charge in [0, 0.05) is 12.8 Å². The number of carbonyl (C=O) groups excluding carboxylic acids is 1. The van der Waals surface area contributed by atoms with Gasteiger partial charge in [0.2, 0.25) is 5.91 Å². The van der Waals surface area contributed by atoms with Crippen LogP contribution in [0.5, 0.6) is 0 Å². The number of nitrogens with zero attached hydrogens (tertiary/aromatic N) is 1. The number of hydrogen-bond acceptors (Lipinski definition) is 4. The summed E-state index contributed by atoms with van der Waals surface area (Å²) in [5.41, 5.74) is 5.40. The zero-order valence-corrected chi connectivity index (χ0v) is 9.33. The molecule has 1 amide bonds. The van der Waals surface area contributed by atoms with Crippen LogP contribution in [0.15, 0.2) is 18.5 Å². The summed E-state index contributed by atoms with van der Waals surface area (Å²) in [4.78, 5) is 15.8. The average molecular weight is 242 g/mol. The zero-order chi connectivity index (χ0) is 11.6. The number of nitrogens with one attached hydrogen (secondary N) is 1. The van der Waals surface area contributed by atoms with Crippen LogP contribution in [0.3, 0.4) is 0 Å². The summed E-state index contributed by atoms with van der Waals surface area (Å²) in [6.45, 7) is 0.738. The van der Waals surface area contributed by atoms with Crippen molar-refractivity contribution in [3.8, 4) is 0 Å². The number of amides is 1. The first-order chi connectivity index (χ1) is 7.62. The number of hydrogen-bond donors (Lipinski definition) is 2. The predicted molar refractivity (Wildman–Crippen MR) is 60.2 cm³/mol. The lowest BCUT2D eigenvalue weighted by Gasteiger charge is -2.20. The molecule has 2 heterocycles. The van der Waals surface area contributed by atoms with Gasteiger partial charge in [-0.3, -0.25) is 9.78 Å². The maximum Gasteiger partial charge on any atom is 0.247 e. The van der Waals surface area contributed by atoms with Crippen molar-refractivity contribution in [2.24, 2.45) is 5.73 Å². The van der Waals surface area contributed by atoms with E-state index >= 15 is 0 Å². The highest BCUT2D eigenvalue weighted by atomic mass is 35.5. The fourth-order valence-electron chi connectivity index (χ4n) is 1.48. The number of ether oxygens (including phenoxy) is 1. The van der Waals surface area contributed by atoms with Crippen LogP contribution >= 0.6 is 11.6 Å². The lowest BCUT2D eigenvalue weighted by Crippen LogP contribution is -2.51. The van der Waals surface area contributed by atoms with Gasteiger partial charge in [0.05, 0.1) is 23.5 Å². The van der Waals surface area contributed by atoms with Crippen LogP contribution < -0.4 is 11.1 Å². The van der Waals surface area contributed by atoms with Gasteiger partial charge in [-0.05, 0) is 12.5 Å². The van der Waals surface area contributed by atoms with E-state index < -0.39 is 5.54 Å². The van der Waals surface area contributed by atoms with E-state index in [1.165, 1.54) is 6.20 Å². The molecular weight excluding hydrogens is 230 g/mol. The topological polar surface area (TPSA) is 77.2 Å². The van der Waals surface area contributed by atoms with Crippen LogP contribution in [0, 0.1) is 0 Å². The Morgan fingerprint density at radius 2 is 2.50 bits per heavy atom. The van der Waals surface area contributed by atoms with Gasteiger partial charge < -0.3 is 15.8 Å². The molecule has 0 bridgehead atoms. The molecule has 2 rings (SSSR count). The molecule has 16 heavy (non-hydrogen) atoms. The van der Waals surface area contributed by atoms with Crippen LogP contribution in [0.2, 0.25) is 5.02 Å². The fourth-order valence-corrected chi connectivity index (χ4v) is 1.63. The highest BCUT2D eigenvalue weighted by molar-refractivity contribution is 6.33. The summed E-state index contributed by atoms with van der Waals surface area (Å²) in [5.74, 6) is -0.292. The Balaban J connectivity index is 2.10. The molecular formula is C10H12ClN3O2. The molecule has 1 unspecified atom stereocenters. The fraction of sp³-hybridized carbons (Fsp3) is 0.400. The van der Waals surface area contributed by atoms with Gasteiger partial charge in [-0.25, -0.2) is 0 Å². The zero-order valence-electron chi connectivity index (χ0n) is 8.57. The molecule has 1 aromatic heterocycles. The number of carbonyl (C=O) groups is 1. The number of pyridine rings is 1. The largest absolute Gasteiger partial charge is 0.379 e. The molecule has 1 atom stereocenters. The third kappa shape index (κ3) is 2.16. The highest BCUT2D eigenvalue weighted by Crippen LogP contribution is 2.22. The lowest BCUT2D eigenvalue weighted by atomic mass is 9.99. The Kier molecular flexibility index (Phi) is 3.09. The second kappa shape index (κ2) is 4.37. The molecule has 0 spiro atoms. The normalized spacial score (nSPS) is 24.4. The van der Waals surface area contributed by atoms with Crippen molar-refractivity contribution < 1.29 is 9.53 Å². The Hall–Kier alpha value is -1.17. The summed E-state index contributed by atoms with van der Waals surface area (Å²) in [6, 6.07) is 1.60. The number of aromatic nitrogens is 1. The molecule has 3 N–H and O–H groups in total. The smallest absolute Gasteiger partial charge is 0.247 e. The molecule has 6 heteroatoms. The van der Waals surface area contributed by atoms with Gasteiger partial charge >= 0.3 is 0 Å². The van der Waals surface area contributed by atoms with Gasteiger partial charge in [0.25, 0.3) is 0 Å². The van der Waals surface area contributed by atoms with Gasteiger partial charge in [-0.2, -0.15) is 0 Å². The summed E-state index contributed by atoms with van der Waals surface area (Å²) in [5, 5.41) is 3.09. The minimum atomic E-state index is -0.959. The molecule has 1 aromatic rings. The van der Waals surface area contributed by atoms with Crippen molar-refractivity contribution in [3.63, 3.8) is 0 Å². The van der Waals surface area contributed by atoms with Crippen LogP contribution in [0.25, 0.3) is 0 Å². The Morgan fingerprint density at radius 1 is 1.69 bits per heavy atom. The van der Waals surface area contributed by atoms with E-state index in [0.29, 0.717) is 23.7 Å². The second-order valence-corrected chi connectivity index (χ2v) is 4.18. The molecule has 1 aliphatic rings. The van der Waals surface area contributed by atoms with Crippen molar-refractivity contribution in [2.75, 3.05) is 18.5 Å². The summed E-state index contributed by atoms with van der Waals surface area (Å²) in [6.07, 6.45) is 3.55. The number of nitrogens with two attached hydrogens (primary N) is 1. The van der Waals surface area contributed by atoms with E-state index in [9.17, 15) is 4.79 Å². The Morgan fingerprint density at radius 3 is 3.12 bits per heavy atom.